The van der Waals surface area contributed by atoms with E-state index in [9.17, 15) is 4.79 Å². The summed E-state index contributed by atoms with van der Waals surface area (Å²) >= 11 is 3.48. The van der Waals surface area contributed by atoms with E-state index in [-0.39, 0.29) is 5.91 Å². The molecule has 0 aliphatic heterocycles. The molecule has 0 unspecified atom stereocenters. The minimum absolute atomic E-state index is 0.255. The monoisotopic (exact) mass is 447 g/mol. The molecular formula is C23H18BrN3O2. The van der Waals surface area contributed by atoms with E-state index in [1.54, 1.807) is 18.3 Å². The molecule has 29 heavy (non-hydrogen) atoms. The molecule has 3 rings (SSSR count). The molecule has 1 N–H and O–H groups in total. The number of hydrogen-bond acceptors (Lipinski definition) is 4. The number of rotatable bonds is 6. The van der Waals surface area contributed by atoms with Crippen LogP contribution in [0.3, 0.4) is 0 Å². The van der Waals surface area contributed by atoms with Gasteiger partial charge in [-0.3, -0.25) is 4.79 Å². The van der Waals surface area contributed by atoms with Crippen LogP contribution in [0.25, 0.3) is 0 Å². The van der Waals surface area contributed by atoms with Crippen LogP contribution in [-0.2, 0) is 6.61 Å². The number of hydrazone groups is 1. The molecule has 0 aliphatic rings. The number of nitrogens with one attached hydrogen (secondary N) is 1. The van der Waals surface area contributed by atoms with Crippen molar-refractivity contribution in [1.82, 2.24) is 5.43 Å². The van der Waals surface area contributed by atoms with Gasteiger partial charge in [-0.1, -0.05) is 36.4 Å². The maximum Gasteiger partial charge on any atom is 0.271 e. The highest BCUT2D eigenvalue weighted by molar-refractivity contribution is 9.10. The lowest BCUT2D eigenvalue weighted by Crippen LogP contribution is -2.18. The second-order valence-electron chi connectivity index (χ2n) is 6.26. The van der Waals surface area contributed by atoms with E-state index in [4.69, 9.17) is 10.00 Å². The van der Waals surface area contributed by atoms with Crippen LogP contribution >= 0.6 is 15.9 Å². The van der Waals surface area contributed by atoms with Gasteiger partial charge in [-0.25, -0.2) is 5.43 Å². The number of hydrogen-bond donors (Lipinski definition) is 1. The fourth-order valence-corrected chi connectivity index (χ4v) is 3.19. The molecule has 144 valence electrons. The maximum atomic E-state index is 12.2. The van der Waals surface area contributed by atoms with E-state index in [0.717, 1.165) is 21.2 Å². The second kappa shape index (κ2) is 9.67. The van der Waals surface area contributed by atoms with Gasteiger partial charge >= 0.3 is 0 Å². The number of nitriles is 1. The van der Waals surface area contributed by atoms with Crippen molar-refractivity contribution in [2.45, 2.75) is 13.5 Å². The summed E-state index contributed by atoms with van der Waals surface area (Å²) in [6.45, 7) is 2.17. The molecule has 0 radical (unpaired) electrons. The highest BCUT2D eigenvalue weighted by Crippen LogP contribution is 2.26. The van der Waals surface area contributed by atoms with Gasteiger partial charge < -0.3 is 4.74 Å². The van der Waals surface area contributed by atoms with Crippen LogP contribution < -0.4 is 10.2 Å². The zero-order valence-electron chi connectivity index (χ0n) is 15.7. The minimum Gasteiger partial charge on any atom is -0.488 e. The highest BCUT2D eigenvalue weighted by atomic mass is 79.9. The molecule has 0 bridgehead atoms. The van der Waals surface area contributed by atoms with E-state index in [2.05, 4.69) is 32.5 Å². The fraction of sp³-hybridized carbons (Fsp3) is 0.0870. The van der Waals surface area contributed by atoms with Gasteiger partial charge in [0.2, 0.25) is 0 Å². The maximum absolute atomic E-state index is 12.2. The molecule has 0 aromatic heterocycles. The number of ether oxygens (including phenoxy) is 1. The Morgan fingerprint density at radius 1 is 1.17 bits per heavy atom. The Bertz CT molecular complexity index is 1100. The third-order valence-electron chi connectivity index (χ3n) is 4.25. The third-order valence-corrected chi connectivity index (χ3v) is 4.87. The quantitative estimate of drug-likeness (QED) is 0.427. The van der Waals surface area contributed by atoms with Crippen molar-refractivity contribution in [2.24, 2.45) is 5.10 Å². The summed E-state index contributed by atoms with van der Waals surface area (Å²) in [6, 6.07) is 22.3. The Morgan fingerprint density at radius 2 is 1.93 bits per heavy atom. The average molecular weight is 448 g/mol. The average Bonchev–Trinajstić information content (AvgIpc) is 2.73. The van der Waals surface area contributed by atoms with E-state index in [1.807, 2.05) is 61.5 Å². The molecule has 5 nitrogen and oxygen atoms in total. The van der Waals surface area contributed by atoms with Crippen LogP contribution in [0, 0.1) is 18.3 Å². The van der Waals surface area contributed by atoms with Crippen molar-refractivity contribution in [3.8, 4) is 11.8 Å². The fourth-order valence-electron chi connectivity index (χ4n) is 2.68. The number of halogens is 1. The van der Waals surface area contributed by atoms with Crippen molar-refractivity contribution < 1.29 is 9.53 Å². The number of benzene rings is 3. The number of nitrogens with zero attached hydrogens (tertiary/aromatic N) is 2. The van der Waals surface area contributed by atoms with Crippen molar-refractivity contribution in [3.05, 3.63) is 99.0 Å². The SMILES string of the molecule is Cc1ccccc1C(=O)N/N=C/c1ccc(OCc2ccccc2C#N)c(Br)c1. The largest absolute Gasteiger partial charge is 0.488 e. The van der Waals surface area contributed by atoms with E-state index >= 15 is 0 Å². The first-order chi connectivity index (χ1) is 14.1. The lowest BCUT2D eigenvalue weighted by molar-refractivity contribution is 0.0954. The smallest absolute Gasteiger partial charge is 0.271 e. The Hall–Kier alpha value is -3.43. The van der Waals surface area contributed by atoms with E-state index < -0.39 is 0 Å². The summed E-state index contributed by atoms with van der Waals surface area (Å²) in [5.74, 6) is 0.397. The van der Waals surface area contributed by atoms with E-state index in [1.165, 1.54) is 0 Å². The molecule has 0 aliphatic carbocycles. The van der Waals surface area contributed by atoms with Gasteiger partial charge in [0.1, 0.15) is 12.4 Å². The van der Waals surface area contributed by atoms with Crippen molar-refractivity contribution in [1.29, 1.82) is 5.26 Å². The number of aryl methyl sites for hydroxylation is 1. The van der Waals surface area contributed by atoms with Crippen LogP contribution in [0.5, 0.6) is 5.75 Å². The summed E-state index contributed by atoms with van der Waals surface area (Å²) in [4.78, 5) is 12.2. The molecule has 6 heteroatoms. The first-order valence-electron chi connectivity index (χ1n) is 8.88. The lowest BCUT2D eigenvalue weighted by atomic mass is 10.1. The zero-order valence-corrected chi connectivity index (χ0v) is 17.3. The number of carbonyl (C=O) groups excluding carboxylic acids is 1. The van der Waals surface area contributed by atoms with Gasteiger partial charge in [0, 0.05) is 11.1 Å². The van der Waals surface area contributed by atoms with Gasteiger partial charge in [0.25, 0.3) is 5.91 Å². The molecule has 0 saturated heterocycles. The predicted molar refractivity (Wildman–Crippen MR) is 116 cm³/mol. The molecule has 1 amide bonds. The van der Waals surface area contributed by atoms with Crippen LogP contribution in [0.4, 0.5) is 0 Å². The molecular weight excluding hydrogens is 430 g/mol. The summed E-state index contributed by atoms with van der Waals surface area (Å²) < 4.78 is 6.57. The summed E-state index contributed by atoms with van der Waals surface area (Å²) in [7, 11) is 0. The normalized spacial score (nSPS) is 10.5. The van der Waals surface area contributed by atoms with Crippen LogP contribution in [0.15, 0.2) is 76.3 Å². The standard InChI is InChI=1S/C23H18BrN3O2/c1-16-6-2-5-9-20(16)23(28)27-26-14-17-10-11-22(21(24)12-17)29-15-19-8-4-3-7-18(19)13-25/h2-12,14H,15H2,1H3,(H,27,28)/b26-14+. The van der Waals surface area contributed by atoms with Gasteiger partial charge in [0.15, 0.2) is 0 Å². The van der Waals surface area contributed by atoms with Crippen LogP contribution in [0.1, 0.15) is 32.6 Å². The molecule has 3 aromatic rings. The van der Waals surface area contributed by atoms with Crippen LogP contribution in [-0.4, -0.2) is 12.1 Å². The minimum atomic E-state index is -0.255. The Balaban J connectivity index is 1.62. The molecule has 0 fully saturated rings. The number of amides is 1. The predicted octanol–water partition coefficient (Wildman–Crippen LogP) is 4.97. The second-order valence-corrected chi connectivity index (χ2v) is 7.12. The molecule has 0 saturated carbocycles. The third kappa shape index (κ3) is 5.31. The first kappa shape index (κ1) is 20.3. The van der Waals surface area contributed by atoms with E-state index in [0.29, 0.717) is 23.5 Å². The Labute approximate surface area is 177 Å². The topological polar surface area (TPSA) is 74.5 Å². The summed E-state index contributed by atoms with van der Waals surface area (Å²) in [6.07, 6.45) is 1.57. The van der Waals surface area contributed by atoms with Crippen molar-refractivity contribution in [2.75, 3.05) is 0 Å². The zero-order chi connectivity index (χ0) is 20.6. The van der Waals surface area contributed by atoms with Gasteiger partial charge in [-0.15, -0.1) is 0 Å². The number of carbonyl (C=O) groups is 1. The van der Waals surface area contributed by atoms with Crippen molar-refractivity contribution in [3.63, 3.8) is 0 Å². The Kier molecular flexibility index (Phi) is 6.77. The Morgan fingerprint density at radius 3 is 2.69 bits per heavy atom. The van der Waals surface area contributed by atoms with Gasteiger partial charge in [0.05, 0.1) is 22.3 Å². The summed E-state index contributed by atoms with van der Waals surface area (Å²) in [5, 5.41) is 13.2. The molecule has 0 heterocycles. The summed E-state index contributed by atoms with van der Waals surface area (Å²) in [5.41, 5.74) is 6.23. The molecule has 0 atom stereocenters. The highest BCUT2D eigenvalue weighted by Gasteiger charge is 2.07. The molecule has 3 aromatic carbocycles. The van der Waals surface area contributed by atoms with Crippen molar-refractivity contribution >= 4 is 28.1 Å². The first-order valence-corrected chi connectivity index (χ1v) is 9.67. The van der Waals surface area contributed by atoms with Gasteiger partial charge in [-0.2, -0.15) is 10.4 Å². The van der Waals surface area contributed by atoms with Crippen LogP contribution in [0.2, 0.25) is 0 Å². The molecule has 0 spiro atoms. The van der Waals surface area contributed by atoms with Gasteiger partial charge in [-0.05, 0) is 64.3 Å². The lowest BCUT2D eigenvalue weighted by Gasteiger charge is -2.10.